The van der Waals surface area contributed by atoms with E-state index < -0.39 is 23.7 Å². The molecule has 0 bridgehead atoms. The van der Waals surface area contributed by atoms with Crippen molar-refractivity contribution in [3.63, 3.8) is 0 Å². The van der Waals surface area contributed by atoms with Crippen molar-refractivity contribution in [3.8, 4) is 0 Å². The van der Waals surface area contributed by atoms with Crippen LogP contribution in [0.15, 0.2) is 0 Å². The quantitative estimate of drug-likeness (QED) is 0.723. The van der Waals surface area contributed by atoms with Gasteiger partial charge in [0, 0.05) is 20.1 Å². The van der Waals surface area contributed by atoms with Gasteiger partial charge in [-0.25, -0.2) is 9.59 Å². The van der Waals surface area contributed by atoms with Crippen molar-refractivity contribution in [2.45, 2.75) is 64.1 Å². The summed E-state index contributed by atoms with van der Waals surface area (Å²) < 4.78 is 10.2. The van der Waals surface area contributed by atoms with Gasteiger partial charge in [-0.05, 0) is 40.0 Å². The van der Waals surface area contributed by atoms with E-state index in [1.165, 1.54) is 0 Å². The fraction of sp³-hybridized carbons (Fsp3) is 0.812. The van der Waals surface area contributed by atoms with Crippen LogP contribution in [0, 0.1) is 0 Å². The number of hydrogen-bond acceptors (Lipinski definition) is 5. The van der Waals surface area contributed by atoms with Crippen molar-refractivity contribution in [3.05, 3.63) is 0 Å². The zero-order valence-electron chi connectivity index (χ0n) is 14.8. The van der Waals surface area contributed by atoms with Gasteiger partial charge in [0.05, 0.1) is 12.6 Å². The van der Waals surface area contributed by atoms with E-state index in [1.54, 1.807) is 32.8 Å². The molecule has 0 aromatic heterocycles. The Morgan fingerprint density at radius 1 is 1.33 bits per heavy atom. The van der Waals surface area contributed by atoms with Gasteiger partial charge >= 0.3 is 12.1 Å². The monoisotopic (exact) mass is 344 g/mol. The Balaban J connectivity index is 2.52. The van der Waals surface area contributed by atoms with Crippen molar-refractivity contribution in [2.75, 3.05) is 20.3 Å². The van der Waals surface area contributed by atoms with Crippen molar-refractivity contribution in [1.82, 2.24) is 10.2 Å². The number of amides is 2. The van der Waals surface area contributed by atoms with E-state index in [9.17, 15) is 19.5 Å². The lowest BCUT2D eigenvalue weighted by atomic mass is 10.1. The number of ether oxygens (including phenoxy) is 2. The topological polar surface area (TPSA) is 105 Å². The number of nitrogens with one attached hydrogen (secondary N) is 1. The Morgan fingerprint density at radius 3 is 2.54 bits per heavy atom. The predicted octanol–water partition coefficient (Wildman–Crippen LogP) is 1.38. The molecule has 1 aliphatic rings. The molecule has 2 atom stereocenters. The Hall–Kier alpha value is -1.83. The van der Waals surface area contributed by atoms with Crippen LogP contribution in [0.2, 0.25) is 0 Å². The highest BCUT2D eigenvalue weighted by Crippen LogP contribution is 2.19. The van der Waals surface area contributed by atoms with Crippen molar-refractivity contribution in [2.24, 2.45) is 0 Å². The van der Waals surface area contributed by atoms with Crippen LogP contribution in [0.25, 0.3) is 0 Å². The van der Waals surface area contributed by atoms with E-state index in [0.717, 1.165) is 12.8 Å². The summed E-state index contributed by atoms with van der Waals surface area (Å²) >= 11 is 0. The van der Waals surface area contributed by atoms with Crippen LogP contribution >= 0.6 is 0 Å². The van der Waals surface area contributed by atoms with Crippen molar-refractivity contribution >= 4 is 18.0 Å². The van der Waals surface area contributed by atoms with Gasteiger partial charge in [0.15, 0.2) is 0 Å². The first-order valence-electron chi connectivity index (χ1n) is 8.14. The van der Waals surface area contributed by atoms with Gasteiger partial charge in [0.25, 0.3) is 0 Å². The van der Waals surface area contributed by atoms with Crippen LogP contribution in [-0.2, 0) is 19.1 Å². The van der Waals surface area contributed by atoms with Gasteiger partial charge in [-0.1, -0.05) is 0 Å². The molecule has 2 unspecified atom stereocenters. The van der Waals surface area contributed by atoms with Gasteiger partial charge in [0.2, 0.25) is 5.91 Å². The summed E-state index contributed by atoms with van der Waals surface area (Å²) in [5.41, 5.74) is -0.716. The molecule has 0 spiro atoms. The normalized spacial score (nSPS) is 19.0. The first-order valence-corrected chi connectivity index (χ1v) is 8.14. The Bertz CT molecular complexity index is 460. The molecule has 138 valence electrons. The van der Waals surface area contributed by atoms with Gasteiger partial charge in [0.1, 0.15) is 11.6 Å². The SMILES string of the molecule is COCC1CCCN1C(=O)CCC(NC(=O)OC(C)(C)C)C(=O)O. The highest BCUT2D eigenvalue weighted by molar-refractivity contribution is 5.82. The second kappa shape index (κ2) is 8.86. The molecule has 2 amide bonds. The minimum atomic E-state index is -1.19. The Morgan fingerprint density at radius 2 is 2.00 bits per heavy atom. The number of methoxy groups -OCH3 is 1. The number of carbonyl (C=O) groups excluding carboxylic acids is 2. The van der Waals surface area contributed by atoms with Crippen LogP contribution in [0.4, 0.5) is 4.79 Å². The smallest absolute Gasteiger partial charge is 0.408 e. The van der Waals surface area contributed by atoms with Gasteiger partial charge < -0.3 is 24.8 Å². The number of carboxylic acid groups (broad SMARTS) is 1. The summed E-state index contributed by atoms with van der Waals surface area (Å²) in [7, 11) is 1.59. The number of carbonyl (C=O) groups is 3. The molecule has 24 heavy (non-hydrogen) atoms. The molecule has 0 aromatic carbocycles. The number of likely N-dealkylation sites (tertiary alicyclic amines) is 1. The maximum Gasteiger partial charge on any atom is 0.408 e. The number of alkyl carbamates (subject to hydrolysis) is 1. The first kappa shape index (κ1) is 20.2. The fourth-order valence-corrected chi connectivity index (χ4v) is 2.65. The summed E-state index contributed by atoms with van der Waals surface area (Å²) in [5, 5.41) is 11.5. The maximum atomic E-state index is 12.3. The predicted molar refractivity (Wildman–Crippen MR) is 86.6 cm³/mol. The van der Waals surface area contributed by atoms with Crippen LogP contribution in [0.3, 0.4) is 0 Å². The lowest BCUT2D eigenvalue weighted by Crippen LogP contribution is -2.44. The molecule has 0 saturated carbocycles. The molecule has 0 aromatic rings. The highest BCUT2D eigenvalue weighted by Gasteiger charge is 2.30. The Labute approximate surface area is 142 Å². The largest absolute Gasteiger partial charge is 0.480 e. The van der Waals surface area contributed by atoms with Crippen LogP contribution in [-0.4, -0.2) is 65.9 Å². The second-order valence-corrected chi connectivity index (χ2v) is 6.91. The fourth-order valence-electron chi connectivity index (χ4n) is 2.65. The van der Waals surface area contributed by atoms with Crippen molar-refractivity contribution in [1.29, 1.82) is 0 Å². The summed E-state index contributed by atoms with van der Waals surface area (Å²) in [5.74, 6) is -1.31. The van der Waals surface area contributed by atoms with E-state index in [-0.39, 0.29) is 24.8 Å². The maximum absolute atomic E-state index is 12.3. The van der Waals surface area contributed by atoms with E-state index >= 15 is 0 Å². The van der Waals surface area contributed by atoms with Crippen LogP contribution in [0.1, 0.15) is 46.5 Å². The van der Waals surface area contributed by atoms with Gasteiger partial charge in [-0.2, -0.15) is 0 Å². The first-order chi connectivity index (χ1) is 11.1. The van der Waals surface area contributed by atoms with E-state index in [2.05, 4.69) is 5.32 Å². The third-order valence-corrected chi connectivity index (χ3v) is 3.69. The molecule has 1 fully saturated rings. The number of hydrogen-bond donors (Lipinski definition) is 2. The minimum absolute atomic E-state index is 0.0175. The summed E-state index contributed by atoms with van der Waals surface area (Å²) in [4.78, 5) is 37.0. The molecule has 0 aliphatic carbocycles. The third kappa shape index (κ3) is 6.74. The highest BCUT2D eigenvalue weighted by atomic mass is 16.6. The number of nitrogens with zero attached hydrogens (tertiary/aromatic N) is 1. The second-order valence-electron chi connectivity index (χ2n) is 6.91. The lowest BCUT2D eigenvalue weighted by molar-refractivity contribution is -0.140. The molecular formula is C16H28N2O6. The van der Waals surface area contributed by atoms with Gasteiger partial charge in [-0.15, -0.1) is 0 Å². The molecule has 8 heteroatoms. The number of rotatable bonds is 7. The van der Waals surface area contributed by atoms with E-state index in [1.807, 2.05) is 0 Å². The minimum Gasteiger partial charge on any atom is -0.480 e. The van der Waals surface area contributed by atoms with Crippen LogP contribution in [0.5, 0.6) is 0 Å². The summed E-state index contributed by atoms with van der Waals surface area (Å²) in [6.45, 7) is 6.20. The number of aliphatic carboxylic acids is 1. The molecule has 1 heterocycles. The average molecular weight is 344 g/mol. The zero-order valence-corrected chi connectivity index (χ0v) is 14.8. The molecule has 0 radical (unpaired) electrons. The summed E-state index contributed by atoms with van der Waals surface area (Å²) in [6, 6.07) is -1.11. The Kier molecular flexibility index (Phi) is 7.47. The van der Waals surface area contributed by atoms with Gasteiger partial charge in [-0.3, -0.25) is 4.79 Å². The zero-order chi connectivity index (χ0) is 18.3. The van der Waals surface area contributed by atoms with E-state index in [4.69, 9.17) is 9.47 Å². The molecular weight excluding hydrogens is 316 g/mol. The third-order valence-electron chi connectivity index (χ3n) is 3.69. The molecule has 1 rings (SSSR count). The lowest BCUT2D eigenvalue weighted by Gasteiger charge is -2.25. The molecule has 1 saturated heterocycles. The van der Waals surface area contributed by atoms with Crippen molar-refractivity contribution < 1.29 is 29.0 Å². The number of carboxylic acids is 1. The average Bonchev–Trinajstić information content (AvgIpc) is 2.89. The summed E-state index contributed by atoms with van der Waals surface area (Å²) in [6.07, 6.45) is 1.06. The van der Waals surface area contributed by atoms with E-state index in [0.29, 0.717) is 13.2 Å². The standard InChI is InChI=1S/C16H28N2O6/c1-16(2,3)24-15(22)17-12(14(20)21)7-8-13(19)18-9-5-6-11(18)10-23-4/h11-12H,5-10H2,1-4H3,(H,17,22)(H,20,21). The van der Waals surface area contributed by atoms with Crippen LogP contribution < -0.4 is 5.32 Å². The molecule has 2 N–H and O–H groups in total. The molecule has 8 nitrogen and oxygen atoms in total. The molecule has 1 aliphatic heterocycles.